The number of nitrogens with one attached hydrogen (secondary N) is 1. The van der Waals surface area contributed by atoms with E-state index in [4.69, 9.17) is 25.8 Å². The molecule has 1 N–H and O–H groups in total. The second-order valence-electron chi connectivity index (χ2n) is 8.21. The Balaban J connectivity index is 1.35. The monoisotopic (exact) mass is 494 g/mol. The highest BCUT2D eigenvalue weighted by molar-refractivity contribution is 7.89. The Morgan fingerprint density at radius 1 is 1.09 bits per heavy atom. The van der Waals surface area contributed by atoms with Gasteiger partial charge >= 0.3 is 0 Å². The topological polar surface area (TPSA) is 94.2 Å². The van der Waals surface area contributed by atoms with E-state index in [-0.39, 0.29) is 23.0 Å². The van der Waals surface area contributed by atoms with Crippen molar-refractivity contribution in [1.82, 2.24) is 9.62 Å². The Morgan fingerprint density at radius 2 is 1.76 bits per heavy atom. The minimum absolute atomic E-state index is 0.159. The maximum Gasteiger partial charge on any atom is 0.251 e. The van der Waals surface area contributed by atoms with Gasteiger partial charge in [-0.25, -0.2) is 8.42 Å². The van der Waals surface area contributed by atoms with Crippen LogP contribution in [0.4, 0.5) is 0 Å². The summed E-state index contributed by atoms with van der Waals surface area (Å²) in [5.74, 6) is 0.874. The number of carbonyl (C=O) groups excluding carboxylic acids is 1. The fourth-order valence-corrected chi connectivity index (χ4v) is 5.86. The smallest absolute Gasteiger partial charge is 0.251 e. The molecule has 4 rings (SSSR count). The molecule has 1 saturated heterocycles. The number of hydrogen-bond acceptors (Lipinski definition) is 6. The number of fused-ring (bicyclic) bond motifs is 1. The van der Waals surface area contributed by atoms with Crippen molar-refractivity contribution in [3.05, 3.63) is 52.5 Å². The van der Waals surface area contributed by atoms with Crippen LogP contribution in [0.25, 0.3) is 0 Å². The van der Waals surface area contributed by atoms with Crippen LogP contribution in [0, 0.1) is 0 Å². The molecule has 2 aliphatic rings. The summed E-state index contributed by atoms with van der Waals surface area (Å²) in [7, 11) is -3.65. The Labute approximate surface area is 198 Å². The van der Waals surface area contributed by atoms with Gasteiger partial charge in [-0.3, -0.25) is 4.79 Å². The lowest BCUT2D eigenvalue weighted by molar-refractivity contribution is -0.0440. The number of benzene rings is 2. The summed E-state index contributed by atoms with van der Waals surface area (Å²) in [6.07, 6.45) is 0.220. The van der Waals surface area contributed by atoms with Crippen LogP contribution in [0.2, 0.25) is 5.02 Å². The van der Waals surface area contributed by atoms with Crippen LogP contribution >= 0.6 is 11.6 Å². The van der Waals surface area contributed by atoms with Gasteiger partial charge in [0.25, 0.3) is 5.91 Å². The summed E-state index contributed by atoms with van der Waals surface area (Å²) in [6, 6.07) is 9.64. The van der Waals surface area contributed by atoms with Gasteiger partial charge in [-0.1, -0.05) is 11.6 Å². The minimum Gasteiger partial charge on any atom is -0.486 e. The van der Waals surface area contributed by atoms with Gasteiger partial charge in [0.15, 0.2) is 11.5 Å². The highest BCUT2D eigenvalue weighted by Crippen LogP contribution is 2.38. The van der Waals surface area contributed by atoms with Crippen molar-refractivity contribution < 1.29 is 27.4 Å². The van der Waals surface area contributed by atoms with Crippen molar-refractivity contribution in [2.75, 3.05) is 32.8 Å². The minimum atomic E-state index is -3.65. The van der Waals surface area contributed by atoms with E-state index in [1.165, 1.54) is 28.6 Å². The van der Waals surface area contributed by atoms with Gasteiger partial charge in [-0.05, 0) is 62.2 Å². The average molecular weight is 495 g/mol. The molecule has 2 atom stereocenters. The molecule has 1 fully saturated rings. The standard InChI is InChI=1S/C23H27ClN2O6S/c1-15-13-26(14-16(2)32-15)33(28,29)19-5-3-18(4-6-19)23(27)25-8-7-17-11-20(24)22-21(12-17)30-9-10-31-22/h3-6,11-12,15-16H,7-10,13-14H2,1-2H3,(H,25,27)/t15-,16+. The molecule has 33 heavy (non-hydrogen) atoms. The van der Waals surface area contributed by atoms with E-state index in [1.54, 1.807) is 6.07 Å². The molecule has 0 spiro atoms. The van der Waals surface area contributed by atoms with E-state index in [0.717, 1.165) is 5.56 Å². The number of amides is 1. The van der Waals surface area contributed by atoms with E-state index in [1.807, 2.05) is 19.9 Å². The van der Waals surface area contributed by atoms with E-state index in [9.17, 15) is 13.2 Å². The highest BCUT2D eigenvalue weighted by atomic mass is 35.5. The predicted molar refractivity (Wildman–Crippen MR) is 124 cm³/mol. The molecule has 0 unspecified atom stereocenters. The average Bonchev–Trinajstić information content (AvgIpc) is 2.78. The number of hydrogen-bond donors (Lipinski definition) is 1. The van der Waals surface area contributed by atoms with Gasteiger partial charge in [-0.2, -0.15) is 4.31 Å². The SMILES string of the molecule is C[C@@H]1CN(S(=O)(=O)c2ccc(C(=O)NCCc3cc(Cl)c4c(c3)OCCO4)cc2)C[C@H](C)O1. The molecule has 2 aromatic rings. The first-order valence-electron chi connectivity index (χ1n) is 10.9. The zero-order valence-electron chi connectivity index (χ0n) is 18.5. The molecule has 0 aliphatic carbocycles. The van der Waals surface area contributed by atoms with Crippen molar-refractivity contribution in [2.24, 2.45) is 0 Å². The summed E-state index contributed by atoms with van der Waals surface area (Å²) < 4.78 is 44.1. The largest absolute Gasteiger partial charge is 0.486 e. The van der Waals surface area contributed by atoms with Gasteiger partial charge in [0, 0.05) is 25.2 Å². The molecule has 1 amide bonds. The zero-order chi connectivity index (χ0) is 23.6. The second-order valence-corrected chi connectivity index (χ2v) is 10.6. The van der Waals surface area contributed by atoms with Gasteiger partial charge in [0.2, 0.25) is 10.0 Å². The second kappa shape index (κ2) is 9.89. The Kier molecular flexibility index (Phi) is 7.13. The first-order valence-corrected chi connectivity index (χ1v) is 12.7. The summed E-state index contributed by atoms with van der Waals surface area (Å²) in [6.45, 7) is 5.64. The molecule has 8 nitrogen and oxygen atoms in total. The van der Waals surface area contributed by atoms with Crippen LogP contribution in [0.1, 0.15) is 29.8 Å². The quantitative estimate of drug-likeness (QED) is 0.663. The van der Waals surface area contributed by atoms with Crippen LogP contribution in [0.15, 0.2) is 41.3 Å². The van der Waals surface area contributed by atoms with Crippen LogP contribution < -0.4 is 14.8 Å². The highest BCUT2D eigenvalue weighted by Gasteiger charge is 2.32. The van der Waals surface area contributed by atoms with Crippen LogP contribution in [-0.4, -0.2) is 63.7 Å². The molecule has 2 heterocycles. The maximum atomic E-state index is 13.0. The fraction of sp³-hybridized carbons (Fsp3) is 0.435. The first-order chi connectivity index (χ1) is 15.7. The van der Waals surface area contributed by atoms with E-state index >= 15 is 0 Å². The van der Waals surface area contributed by atoms with Gasteiger partial charge in [-0.15, -0.1) is 0 Å². The Morgan fingerprint density at radius 3 is 2.45 bits per heavy atom. The van der Waals surface area contributed by atoms with Gasteiger partial charge in [0.05, 0.1) is 22.1 Å². The Hall–Kier alpha value is -2.33. The summed E-state index contributed by atoms with van der Waals surface area (Å²) in [5, 5.41) is 3.33. The summed E-state index contributed by atoms with van der Waals surface area (Å²) >= 11 is 6.26. The lowest BCUT2D eigenvalue weighted by Crippen LogP contribution is -2.48. The molecule has 0 radical (unpaired) electrons. The zero-order valence-corrected chi connectivity index (χ0v) is 20.1. The molecule has 2 aromatic carbocycles. The third-order valence-corrected chi connectivity index (χ3v) is 7.62. The van der Waals surface area contributed by atoms with Crippen molar-refractivity contribution in [3.8, 4) is 11.5 Å². The van der Waals surface area contributed by atoms with Crippen molar-refractivity contribution in [1.29, 1.82) is 0 Å². The van der Waals surface area contributed by atoms with Crippen LogP contribution in [0.5, 0.6) is 11.5 Å². The molecule has 0 saturated carbocycles. The molecular formula is C23H27ClN2O6S. The van der Waals surface area contributed by atoms with Crippen molar-refractivity contribution in [3.63, 3.8) is 0 Å². The van der Waals surface area contributed by atoms with Gasteiger partial charge in [0.1, 0.15) is 13.2 Å². The predicted octanol–water partition coefficient (Wildman–Crippen LogP) is 2.88. The number of sulfonamides is 1. The molecule has 178 valence electrons. The van der Waals surface area contributed by atoms with E-state index in [0.29, 0.717) is 61.4 Å². The molecule has 0 aromatic heterocycles. The maximum absolute atomic E-state index is 13.0. The number of halogens is 1. The van der Waals surface area contributed by atoms with Crippen LogP contribution in [0.3, 0.4) is 0 Å². The molecule has 0 bridgehead atoms. The fourth-order valence-electron chi connectivity index (χ4n) is 3.99. The van der Waals surface area contributed by atoms with Crippen LogP contribution in [-0.2, 0) is 21.2 Å². The van der Waals surface area contributed by atoms with Gasteiger partial charge < -0.3 is 19.5 Å². The summed E-state index contributed by atoms with van der Waals surface area (Å²) in [4.78, 5) is 12.7. The first kappa shape index (κ1) is 23.8. The lowest BCUT2D eigenvalue weighted by Gasteiger charge is -2.34. The lowest BCUT2D eigenvalue weighted by atomic mass is 10.1. The number of nitrogens with zero attached hydrogens (tertiary/aromatic N) is 1. The third-order valence-electron chi connectivity index (χ3n) is 5.50. The number of morpholine rings is 1. The Bertz CT molecular complexity index is 1110. The van der Waals surface area contributed by atoms with E-state index in [2.05, 4.69) is 5.32 Å². The number of carbonyl (C=O) groups is 1. The molecule has 2 aliphatic heterocycles. The molecular weight excluding hydrogens is 468 g/mol. The van der Waals surface area contributed by atoms with E-state index < -0.39 is 10.0 Å². The van der Waals surface area contributed by atoms with Crippen molar-refractivity contribution >= 4 is 27.5 Å². The summed E-state index contributed by atoms with van der Waals surface area (Å²) in [5.41, 5.74) is 1.30. The number of ether oxygens (including phenoxy) is 3. The number of rotatable bonds is 6. The van der Waals surface area contributed by atoms with Crippen molar-refractivity contribution in [2.45, 2.75) is 37.4 Å². The molecule has 10 heteroatoms. The normalized spacial score (nSPS) is 20.9. The third kappa shape index (κ3) is 5.43.